The van der Waals surface area contributed by atoms with Gasteiger partial charge in [-0.3, -0.25) is 0 Å². The van der Waals surface area contributed by atoms with Crippen molar-refractivity contribution in [3.05, 3.63) is 40.0 Å². The molecule has 0 unspecified atom stereocenters. The number of aryl methyl sites for hydroxylation is 3. The van der Waals surface area contributed by atoms with Crippen LogP contribution in [-0.2, 0) is 13.6 Å². The first-order valence-corrected chi connectivity index (χ1v) is 6.47. The van der Waals surface area contributed by atoms with E-state index in [2.05, 4.69) is 10.4 Å². The van der Waals surface area contributed by atoms with Gasteiger partial charge in [0, 0.05) is 13.6 Å². The van der Waals surface area contributed by atoms with Crippen LogP contribution in [0.1, 0.15) is 16.8 Å². The fraction of sp³-hybridized carbons (Fsp3) is 0.357. The normalized spacial score (nSPS) is 10.6. The summed E-state index contributed by atoms with van der Waals surface area (Å²) >= 11 is 6.17. The number of aromatic nitrogens is 2. The largest absolute Gasteiger partial charge is 0.481 e. The van der Waals surface area contributed by atoms with Gasteiger partial charge in [-0.1, -0.05) is 17.7 Å². The number of methoxy groups -OCH3 is 1. The van der Waals surface area contributed by atoms with E-state index in [1.165, 1.54) is 5.56 Å². The number of ether oxygens (including phenoxy) is 1. The number of benzene rings is 1. The Kier molecular flexibility index (Phi) is 4.00. The van der Waals surface area contributed by atoms with Gasteiger partial charge in [0.05, 0.1) is 29.1 Å². The second kappa shape index (κ2) is 5.53. The highest BCUT2D eigenvalue weighted by Gasteiger charge is 2.13. The van der Waals surface area contributed by atoms with Crippen LogP contribution in [0.2, 0.25) is 5.02 Å². The van der Waals surface area contributed by atoms with Gasteiger partial charge >= 0.3 is 0 Å². The van der Waals surface area contributed by atoms with Gasteiger partial charge in [-0.2, -0.15) is 5.10 Å². The quantitative estimate of drug-likeness (QED) is 0.933. The molecule has 1 heterocycles. The molecule has 0 saturated heterocycles. The lowest BCUT2D eigenvalue weighted by Gasteiger charge is -2.10. The molecule has 0 fully saturated rings. The van der Waals surface area contributed by atoms with Gasteiger partial charge in [-0.25, -0.2) is 4.68 Å². The molecule has 5 heteroatoms. The Hall–Kier alpha value is -1.68. The molecular formula is C14H18ClN3O. The third-order valence-corrected chi connectivity index (χ3v) is 3.39. The molecule has 102 valence electrons. The summed E-state index contributed by atoms with van der Waals surface area (Å²) in [6.45, 7) is 4.64. The van der Waals surface area contributed by atoms with Gasteiger partial charge in [-0.15, -0.1) is 0 Å². The Morgan fingerprint density at radius 1 is 1.37 bits per heavy atom. The second-order valence-electron chi connectivity index (χ2n) is 4.53. The van der Waals surface area contributed by atoms with Crippen molar-refractivity contribution in [3.8, 4) is 5.88 Å². The molecule has 0 aliphatic carbocycles. The first-order chi connectivity index (χ1) is 9.02. The minimum atomic E-state index is 0.631. The highest BCUT2D eigenvalue weighted by atomic mass is 35.5. The number of hydrogen-bond donors (Lipinski definition) is 1. The van der Waals surface area contributed by atoms with E-state index in [-0.39, 0.29) is 0 Å². The van der Waals surface area contributed by atoms with E-state index in [1.54, 1.807) is 11.8 Å². The summed E-state index contributed by atoms with van der Waals surface area (Å²) in [7, 11) is 3.52. The zero-order chi connectivity index (χ0) is 14.0. The Morgan fingerprint density at radius 3 is 2.79 bits per heavy atom. The number of hydrogen-bond acceptors (Lipinski definition) is 3. The topological polar surface area (TPSA) is 39.1 Å². The molecule has 0 radical (unpaired) electrons. The van der Waals surface area contributed by atoms with Crippen molar-refractivity contribution >= 4 is 17.3 Å². The SMILES string of the molecule is COc1c(CNc2cc(C)ccc2Cl)c(C)nn1C. The van der Waals surface area contributed by atoms with Crippen molar-refractivity contribution < 1.29 is 4.74 Å². The molecule has 0 bridgehead atoms. The predicted molar refractivity (Wildman–Crippen MR) is 78.0 cm³/mol. The molecule has 2 rings (SSSR count). The lowest BCUT2D eigenvalue weighted by atomic mass is 10.2. The molecule has 0 aliphatic rings. The molecule has 0 aliphatic heterocycles. The standard InChI is InChI=1S/C14H18ClN3O/c1-9-5-6-12(15)13(7-9)16-8-11-10(2)17-18(3)14(11)19-4/h5-7,16H,8H2,1-4H3. The van der Waals surface area contributed by atoms with Crippen LogP contribution in [0.5, 0.6) is 5.88 Å². The van der Waals surface area contributed by atoms with E-state index in [9.17, 15) is 0 Å². The van der Waals surface area contributed by atoms with E-state index >= 15 is 0 Å². The van der Waals surface area contributed by atoms with Crippen molar-refractivity contribution in [1.82, 2.24) is 9.78 Å². The van der Waals surface area contributed by atoms with Crippen LogP contribution in [-0.4, -0.2) is 16.9 Å². The van der Waals surface area contributed by atoms with Crippen molar-refractivity contribution in [2.24, 2.45) is 7.05 Å². The Morgan fingerprint density at radius 2 is 2.11 bits per heavy atom. The molecular weight excluding hydrogens is 262 g/mol. The molecule has 0 saturated carbocycles. The first kappa shape index (κ1) is 13.7. The molecule has 4 nitrogen and oxygen atoms in total. The molecule has 0 amide bonds. The number of nitrogens with zero attached hydrogens (tertiary/aromatic N) is 2. The summed E-state index contributed by atoms with van der Waals surface area (Å²) in [5.41, 5.74) is 4.09. The summed E-state index contributed by atoms with van der Waals surface area (Å²) in [4.78, 5) is 0. The smallest absolute Gasteiger partial charge is 0.216 e. The lowest BCUT2D eigenvalue weighted by molar-refractivity contribution is 0.370. The van der Waals surface area contributed by atoms with Gasteiger partial charge in [0.2, 0.25) is 5.88 Å². The van der Waals surface area contributed by atoms with Gasteiger partial charge in [0.25, 0.3) is 0 Å². The van der Waals surface area contributed by atoms with Crippen LogP contribution < -0.4 is 10.1 Å². The molecule has 19 heavy (non-hydrogen) atoms. The van der Waals surface area contributed by atoms with E-state index in [1.807, 2.05) is 39.1 Å². The van der Waals surface area contributed by atoms with E-state index in [4.69, 9.17) is 16.3 Å². The summed E-state index contributed by atoms with van der Waals surface area (Å²) in [6, 6.07) is 5.91. The maximum Gasteiger partial charge on any atom is 0.216 e. The molecule has 1 aromatic heterocycles. The summed E-state index contributed by atoms with van der Waals surface area (Å²) in [5.74, 6) is 0.772. The average molecular weight is 280 g/mol. The van der Waals surface area contributed by atoms with E-state index in [0.29, 0.717) is 11.6 Å². The third-order valence-electron chi connectivity index (χ3n) is 3.06. The van der Waals surface area contributed by atoms with Crippen LogP contribution >= 0.6 is 11.6 Å². The van der Waals surface area contributed by atoms with Crippen molar-refractivity contribution in [1.29, 1.82) is 0 Å². The van der Waals surface area contributed by atoms with Crippen molar-refractivity contribution in [2.45, 2.75) is 20.4 Å². The Balaban J connectivity index is 2.21. The zero-order valence-corrected chi connectivity index (χ0v) is 12.4. The van der Waals surface area contributed by atoms with Crippen LogP contribution in [0.3, 0.4) is 0 Å². The average Bonchev–Trinajstić information content (AvgIpc) is 2.64. The fourth-order valence-corrected chi connectivity index (χ4v) is 2.28. The number of anilines is 1. The minimum absolute atomic E-state index is 0.631. The Labute approximate surface area is 118 Å². The highest BCUT2D eigenvalue weighted by Crippen LogP contribution is 2.26. The van der Waals surface area contributed by atoms with E-state index < -0.39 is 0 Å². The maximum atomic E-state index is 6.17. The maximum absolute atomic E-state index is 6.17. The molecule has 2 aromatic rings. The van der Waals surface area contributed by atoms with Crippen LogP contribution in [0.25, 0.3) is 0 Å². The predicted octanol–water partition coefficient (Wildman–Crippen LogP) is 3.31. The number of rotatable bonds is 4. The van der Waals surface area contributed by atoms with Crippen LogP contribution in [0, 0.1) is 13.8 Å². The summed E-state index contributed by atoms with van der Waals surface area (Å²) in [5, 5.41) is 8.40. The Bertz CT molecular complexity index is 593. The molecule has 1 N–H and O–H groups in total. The van der Waals surface area contributed by atoms with Gasteiger partial charge in [-0.05, 0) is 31.5 Å². The lowest BCUT2D eigenvalue weighted by Crippen LogP contribution is -2.03. The monoisotopic (exact) mass is 279 g/mol. The molecule has 0 spiro atoms. The second-order valence-corrected chi connectivity index (χ2v) is 4.94. The highest BCUT2D eigenvalue weighted by molar-refractivity contribution is 6.33. The van der Waals surface area contributed by atoms with Crippen LogP contribution in [0.4, 0.5) is 5.69 Å². The fourth-order valence-electron chi connectivity index (χ4n) is 2.10. The third kappa shape index (κ3) is 2.84. The minimum Gasteiger partial charge on any atom is -0.481 e. The molecule has 1 aromatic carbocycles. The number of nitrogens with one attached hydrogen (secondary N) is 1. The van der Waals surface area contributed by atoms with Gasteiger partial charge in [0.15, 0.2) is 0 Å². The van der Waals surface area contributed by atoms with Gasteiger partial charge < -0.3 is 10.1 Å². The van der Waals surface area contributed by atoms with E-state index in [0.717, 1.165) is 22.8 Å². The number of halogens is 1. The van der Waals surface area contributed by atoms with Crippen molar-refractivity contribution in [2.75, 3.05) is 12.4 Å². The zero-order valence-electron chi connectivity index (χ0n) is 11.6. The van der Waals surface area contributed by atoms with Gasteiger partial charge in [0.1, 0.15) is 0 Å². The first-order valence-electron chi connectivity index (χ1n) is 6.09. The van der Waals surface area contributed by atoms with Crippen molar-refractivity contribution in [3.63, 3.8) is 0 Å². The summed E-state index contributed by atoms with van der Waals surface area (Å²) in [6.07, 6.45) is 0. The molecule has 0 atom stereocenters. The summed E-state index contributed by atoms with van der Waals surface area (Å²) < 4.78 is 7.11. The van der Waals surface area contributed by atoms with Crippen LogP contribution in [0.15, 0.2) is 18.2 Å².